The van der Waals surface area contributed by atoms with Crippen LogP contribution in [0.5, 0.6) is 5.75 Å². The van der Waals surface area contributed by atoms with Gasteiger partial charge in [0.2, 0.25) is 0 Å². The minimum atomic E-state index is -4.47. The Morgan fingerprint density at radius 2 is 2.00 bits per heavy atom. The van der Waals surface area contributed by atoms with Gasteiger partial charge >= 0.3 is 6.18 Å². The second-order valence-electron chi connectivity index (χ2n) is 3.54. The molecule has 1 aromatic carbocycles. The highest BCUT2D eigenvalue weighted by molar-refractivity contribution is 5.66. The molecule has 18 heavy (non-hydrogen) atoms. The van der Waals surface area contributed by atoms with Gasteiger partial charge in [-0.25, -0.2) is 4.68 Å². The number of ether oxygens (including phenoxy) is 1. The van der Waals surface area contributed by atoms with Gasteiger partial charge in [0.15, 0.2) is 5.69 Å². The molecule has 0 saturated heterocycles. The summed E-state index contributed by atoms with van der Waals surface area (Å²) in [6, 6.07) is 5.69. The van der Waals surface area contributed by atoms with Gasteiger partial charge in [0.1, 0.15) is 11.4 Å². The van der Waals surface area contributed by atoms with Crippen LogP contribution in [0.25, 0.3) is 5.69 Å². The highest BCUT2D eigenvalue weighted by atomic mass is 19.4. The van der Waals surface area contributed by atoms with Crippen molar-refractivity contribution < 1.29 is 17.9 Å². The Bertz CT molecular complexity index is 563. The molecule has 0 aliphatic heterocycles. The van der Waals surface area contributed by atoms with Gasteiger partial charge in [-0.2, -0.15) is 18.3 Å². The van der Waals surface area contributed by atoms with Gasteiger partial charge < -0.3 is 10.5 Å². The molecule has 0 unspecified atom stereocenters. The predicted octanol–water partition coefficient (Wildman–Crippen LogP) is 2.48. The smallest absolute Gasteiger partial charge is 0.435 e. The molecule has 2 rings (SSSR count). The molecular formula is C11H10F3N3O. The van der Waals surface area contributed by atoms with E-state index in [0.29, 0.717) is 11.4 Å². The van der Waals surface area contributed by atoms with Crippen LogP contribution in [-0.2, 0) is 6.18 Å². The van der Waals surface area contributed by atoms with Crippen molar-refractivity contribution in [3.05, 3.63) is 36.2 Å². The third kappa shape index (κ3) is 2.11. The number of aromatic nitrogens is 2. The normalized spacial score (nSPS) is 11.6. The van der Waals surface area contributed by atoms with E-state index >= 15 is 0 Å². The Kier molecular flexibility index (Phi) is 2.90. The molecule has 2 N–H and O–H groups in total. The summed E-state index contributed by atoms with van der Waals surface area (Å²) in [7, 11) is 1.43. The summed E-state index contributed by atoms with van der Waals surface area (Å²) in [6.07, 6.45) is -3.27. The quantitative estimate of drug-likeness (QED) is 0.841. The summed E-state index contributed by atoms with van der Waals surface area (Å²) in [6.45, 7) is 0. The number of anilines is 1. The SMILES string of the molecule is COc1cccc(-n2ccc(C(F)(F)F)n2)c1N. The minimum Gasteiger partial charge on any atom is -0.495 e. The summed E-state index contributed by atoms with van der Waals surface area (Å²) < 4.78 is 43.4. The van der Waals surface area contributed by atoms with Crippen LogP contribution in [0.15, 0.2) is 30.5 Å². The van der Waals surface area contributed by atoms with Crippen LogP contribution >= 0.6 is 0 Å². The molecule has 7 heteroatoms. The van der Waals surface area contributed by atoms with Crippen molar-refractivity contribution in [1.82, 2.24) is 9.78 Å². The molecule has 0 atom stereocenters. The number of para-hydroxylation sites is 1. The summed E-state index contributed by atoms with van der Waals surface area (Å²) in [5.41, 5.74) is 5.38. The molecular weight excluding hydrogens is 247 g/mol. The Hall–Kier alpha value is -2.18. The van der Waals surface area contributed by atoms with Crippen molar-refractivity contribution in [3.63, 3.8) is 0 Å². The van der Waals surface area contributed by atoms with Gasteiger partial charge in [0.05, 0.1) is 12.8 Å². The fourth-order valence-corrected chi connectivity index (χ4v) is 1.52. The maximum atomic E-state index is 12.4. The Morgan fingerprint density at radius 3 is 2.56 bits per heavy atom. The van der Waals surface area contributed by atoms with Crippen molar-refractivity contribution in [2.45, 2.75) is 6.18 Å². The lowest BCUT2D eigenvalue weighted by Gasteiger charge is -2.09. The molecule has 0 saturated carbocycles. The molecule has 0 spiro atoms. The molecule has 2 aromatic rings. The first-order valence-electron chi connectivity index (χ1n) is 4.99. The first kappa shape index (κ1) is 12.3. The third-order valence-electron chi connectivity index (χ3n) is 2.39. The van der Waals surface area contributed by atoms with Crippen LogP contribution in [0.1, 0.15) is 5.69 Å². The molecule has 0 bridgehead atoms. The molecule has 1 aromatic heterocycles. The molecule has 0 amide bonds. The van der Waals surface area contributed by atoms with E-state index in [-0.39, 0.29) is 5.69 Å². The predicted molar refractivity (Wildman–Crippen MR) is 59.5 cm³/mol. The molecule has 0 radical (unpaired) electrons. The Morgan fingerprint density at radius 1 is 1.28 bits per heavy atom. The van der Waals surface area contributed by atoms with E-state index in [0.717, 1.165) is 10.7 Å². The van der Waals surface area contributed by atoms with E-state index < -0.39 is 11.9 Å². The minimum absolute atomic E-state index is 0.233. The second kappa shape index (κ2) is 4.25. The number of alkyl halides is 3. The maximum Gasteiger partial charge on any atom is 0.435 e. The average Bonchev–Trinajstić information content (AvgIpc) is 2.78. The zero-order chi connectivity index (χ0) is 13.3. The van der Waals surface area contributed by atoms with Crippen LogP contribution in [0, 0.1) is 0 Å². The average molecular weight is 257 g/mol. The van der Waals surface area contributed by atoms with Crippen LogP contribution in [0.4, 0.5) is 18.9 Å². The summed E-state index contributed by atoms with van der Waals surface area (Å²) in [4.78, 5) is 0. The van der Waals surface area contributed by atoms with Crippen LogP contribution in [-0.4, -0.2) is 16.9 Å². The molecule has 0 aliphatic rings. The standard InChI is InChI=1S/C11H10F3N3O/c1-18-8-4-2-3-7(10(8)15)17-6-5-9(16-17)11(12,13)14/h2-6H,15H2,1H3. The Labute approximate surface area is 101 Å². The zero-order valence-corrected chi connectivity index (χ0v) is 9.40. The van der Waals surface area contributed by atoms with Crippen molar-refractivity contribution in [1.29, 1.82) is 0 Å². The first-order chi connectivity index (χ1) is 8.43. The summed E-state index contributed by atoms with van der Waals surface area (Å²) in [5, 5.41) is 3.44. The highest BCUT2D eigenvalue weighted by Crippen LogP contribution is 2.30. The van der Waals surface area contributed by atoms with Gasteiger partial charge in [-0.3, -0.25) is 0 Å². The van der Waals surface area contributed by atoms with Gasteiger partial charge in [0, 0.05) is 6.20 Å². The number of halogens is 3. The van der Waals surface area contributed by atoms with Crippen LogP contribution in [0.2, 0.25) is 0 Å². The molecule has 0 aliphatic carbocycles. The fraction of sp³-hybridized carbons (Fsp3) is 0.182. The van der Waals surface area contributed by atoms with E-state index in [1.807, 2.05) is 0 Å². The van der Waals surface area contributed by atoms with Crippen molar-refractivity contribution in [2.24, 2.45) is 0 Å². The largest absolute Gasteiger partial charge is 0.495 e. The third-order valence-corrected chi connectivity index (χ3v) is 2.39. The molecule has 1 heterocycles. The number of nitrogens with two attached hydrogens (primary N) is 1. The lowest BCUT2D eigenvalue weighted by molar-refractivity contribution is -0.141. The lowest BCUT2D eigenvalue weighted by Crippen LogP contribution is -2.08. The number of rotatable bonds is 2. The topological polar surface area (TPSA) is 53.1 Å². The first-order valence-corrected chi connectivity index (χ1v) is 4.99. The number of nitrogens with zero attached hydrogens (tertiary/aromatic N) is 2. The number of methoxy groups -OCH3 is 1. The van der Waals surface area contributed by atoms with Crippen molar-refractivity contribution in [3.8, 4) is 11.4 Å². The van der Waals surface area contributed by atoms with Crippen molar-refractivity contribution >= 4 is 5.69 Å². The van der Waals surface area contributed by atoms with Gasteiger partial charge in [-0.15, -0.1) is 0 Å². The lowest BCUT2D eigenvalue weighted by atomic mass is 10.2. The number of nitrogen functional groups attached to an aromatic ring is 1. The highest BCUT2D eigenvalue weighted by Gasteiger charge is 2.33. The van der Waals surface area contributed by atoms with E-state index in [1.165, 1.54) is 13.3 Å². The van der Waals surface area contributed by atoms with E-state index in [1.54, 1.807) is 18.2 Å². The Balaban J connectivity index is 2.47. The van der Waals surface area contributed by atoms with Gasteiger partial charge in [-0.05, 0) is 18.2 Å². The summed E-state index contributed by atoms with van der Waals surface area (Å²) in [5.74, 6) is 0.386. The van der Waals surface area contributed by atoms with Crippen LogP contribution in [0.3, 0.4) is 0 Å². The number of benzene rings is 1. The molecule has 0 fully saturated rings. The monoisotopic (exact) mass is 257 g/mol. The maximum absolute atomic E-state index is 12.4. The molecule has 4 nitrogen and oxygen atoms in total. The van der Waals surface area contributed by atoms with Gasteiger partial charge in [0.25, 0.3) is 0 Å². The van der Waals surface area contributed by atoms with E-state index in [2.05, 4.69) is 5.10 Å². The summed E-state index contributed by atoms with van der Waals surface area (Å²) >= 11 is 0. The number of hydrogen-bond acceptors (Lipinski definition) is 3. The van der Waals surface area contributed by atoms with Gasteiger partial charge in [-0.1, -0.05) is 6.07 Å². The fourth-order valence-electron chi connectivity index (χ4n) is 1.52. The van der Waals surface area contributed by atoms with Crippen LogP contribution < -0.4 is 10.5 Å². The molecule has 96 valence electrons. The number of hydrogen-bond donors (Lipinski definition) is 1. The zero-order valence-electron chi connectivity index (χ0n) is 9.40. The van der Waals surface area contributed by atoms with E-state index in [9.17, 15) is 13.2 Å². The van der Waals surface area contributed by atoms with Crippen molar-refractivity contribution in [2.75, 3.05) is 12.8 Å². The second-order valence-corrected chi connectivity index (χ2v) is 3.54. The van der Waals surface area contributed by atoms with E-state index in [4.69, 9.17) is 10.5 Å².